The molecule has 37 nitrogen and oxygen atoms in total. The van der Waals surface area contributed by atoms with E-state index >= 15 is 24.0 Å². The molecule has 7 aromatic carbocycles. The van der Waals surface area contributed by atoms with Gasteiger partial charge in [0.2, 0.25) is 59.7 Å². The average molecular weight is 1780 g/mol. The highest BCUT2D eigenvalue weighted by Gasteiger charge is 2.50. The number of halogens is 4. The molecule has 0 aliphatic carbocycles. The van der Waals surface area contributed by atoms with Crippen LogP contribution in [0.15, 0.2) is 103 Å². The Labute approximate surface area is 712 Å². The molecule has 2 fully saturated rings. The lowest BCUT2D eigenvalue weighted by molar-refractivity contribution is -0.277. The third-order valence-corrected chi connectivity index (χ3v) is 22.8. The van der Waals surface area contributed by atoms with E-state index in [2.05, 4.69) is 49.5 Å². The second-order valence-electron chi connectivity index (χ2n) is 29.7. The number of nitrogens with one attached hydrogen (secondary N) is 8. The minimum Gasteiger partial charge on any atom is -0.508 e. The van der Waals surface area contributed by atoms with Crippen molar-refractivity contribution in [1.29, 1.82) is 0 Å². The normalized spacial score (nSPS) is 27.1. The number of rotatable bonds is 17. The quantitative estimate of drug-likeness (QED) is 0.0560. The zero-order valence-corrected chi connectivity index (χ0v) is 67.3. The molecule has 0 aromatic heterocycles. The van der Waals surface area contributed by atoms with Gasteiger partial charge in [-0.3, -0.25) is 33.6 Å². The van der Waals surface area contributed by atoms with Crippen molar-refractivity contribution in [3.05, 3.63) is 162 Å². The molecule has 22 N–H and O–H groups in total. The number of hydrogen-bond donors (Lipinski definition) is 22. The van der Waals surface area contributed by atoms with Gasteiger partial charge in [0.1, 0.15) is 113 Å². The number of likely N-dealkylation sites (N-methyl/N-ethyl adjacent to an activating group) is 1. The minimum atomic E-state index is -2.54. The molecule has 0 saturated carbocycles. The van der Waals surface area contributed by atoms with Gasteiger partial charge < -0.3 is 147 Å². The van der Waals surface area contributed by atoms with E-state index in [0.717, 1.165) is 117 Å². The molecule has 122 heavy (non-hydrogen) atoms. The van der Waals surface area contributed by atoms with Gasteiger partial charge in [0.15, 0.2) is 41.0 Å². The van der Waals surface area contributed by atoms with Gasteiger partial charge in [-0.25, -0.2) is 4.79 Å². The van der Waals surface area contributed by atoms with E-state index in [0.29, 0.717) is 12.8 Å². The Morgan fingerprint density at radius 1 is 0.492 bits per heavy atom. The summed E-state index contributed by atoms with van der Waals surface area (Å²) in [5.41, 5.74) is -4.30. The van der Waals surface area contributed by atoms with E-state index < -0.39 is 299 Å². The molecule has 41 heteroatoms. The molecule has 8 aliphatic heterocycles. The summed E-state index contributed by atoms with van der Waals surface area (Å²) >= 11 is 28.5. The molecule has 650 valence electrons. The first-order chi connectivity index (χ1) is 58.2. The number of aliphatic hydroxyl groups excluding tert-OH is 9. The molecule has 8 heterocycles. The molecule has 17 bridgehead atoms. The number of benzene rings is 7. The van der Waals surface area contributed by atoms with Crippen molar-refractivity contribution in [3.63, 3.8) is 0 Å². The zero-order chi connectivity index (χ0) is 87.7. The second kappa shape index (κ2) is 37.5. The predicted molar refractivity (Wildman–Crippen MR) is 425 cm³/mol. The molecule has 8 aliphatic rings. The van der Waals surface area contributed by atoms with Crippen molar-refractivity contribution < 1.29 is 143 Å². The molecule has 0 spiro atoms. The highest BCUT2D eigenvalue weighted by atomic mass is 35.5. The van der Waals surface area contributed by atoms with Crippen LogP contribution >= 0.6 is 46.4 Å². The van der Waals surface area contributed by atoms with Gasteiger partial charge in [0.25, 0.3) is 0 Å². The maximum absolute atomic E-state index is 16.7. The fourth-order valence-electron chi connectivity index (χ4n) is 15.0. The Morgan fingerprint density at radius 2 is 1.09 bits per heavy atom. The fraction of sp³-hybridized carbons (Fsp3) is 0.383. The van der Waals surface area contributed by atoms with Gasteiger partial charge >= 0.3 is 5.97 Å². The third-order valence-electron chi connectivity index (χ3n) is 21.5. The van der Waals surface area contributed by atoms with Gasteiger partial charge in [-0.15, -0.1) is 0 Å². The summed E-state index contributed by atoms with van der Waals surface area (Å²) < 4.78 is 44.2. The molecular weight excluding hydrogens is 1690 g/mol. The fourth-order valence-corrected chi connectivity index (χ4v) is 16.1. The van der Waals surface area contributed by atoms with Crippen LogP contribution in [0.1, 0.15) is 140 Å². The standard InChI is InChI=1S/C81H84Cl4N8O29/c1-3-4-5-6-7-8-9-10-53(100)87-78-68(106)65(103)40(28-94)80(122-78)121-71-50-22-33-23-51(71)118-70-42(83)19-34(20-43(70)84)64(102)62-77(113)91-60(79(114)115)38-24-35(96)25-49(119-81-69(107)67(105)66(104)52(29-95)120-81)54(38)37-17-30(11-14-44(37)97)57(73(109)93-62)88-74(110)58(33)89-75(111)59-39-26-36(27-46(99)55(39)85)116-48-21-31(12-15-45(48)98)56(86-2)72(108)92-61(76(112)90-59)63(101)32-13-16-47(117-50)41(82)18-32/h11-27,40,52,56-69,78,80-81,86,94-99,101-107H,3-10,28-29H2,1-2H3,(H,87,100)(H,88,110)(H,89,111)(H,90,112)(H,91,113)(H,92,108)(H,93,109)(H,114,115). The van der Waals surface area contributed by atoms with Crippen LogP contribution in [-0.4, -0.2) is 207 Å². The van der Waals surface area contributed by atoms with Crippen molar-refractivity contribution in [2.45, 2.75) is 168 Å². The van der Waals surface area contributed by atoms with Gasteiger partial charge in [0, 0.05) is 40.8 Å². The number of ether oxygens (including phenoxy) is 7. The van der Waals surface area contributed by atoms with Gasteiger partial charge in [0.05, 0.1) is 45.3 Å². The van der Waals surface area contributed by atoms with E-state index in [1.807, 2.05) is 0 Å². The van der Waals surface area contributed by atoms with Crippen molar-refractivity contribution in [2.24, 2.45) is 5.92 Å². The summed E-state index contributed by atoms with van der Waals surface area (Å²) in [6.45, 7) is 0.00894. The topological polar surface area (TPSA) is 581 Å². The number of aliphatic hydroxyl groups is 9. The lowest BCUT2D eigenvalue weighted by Crippen LogP contribution is -2.62. The number of fused-ring (bicyclic) bond motifs is 14. The summed E-state index contributed by atoms with van der Waals surface area (Å²) in [5, 5.41) is 179. The largest absolute Gasteiger partial charge is 0.508 e. The SMILES string of the molecule is CCCCCCCCCC(=O)NC1OC(Oc2c3cc4cc2Oc2c(Cl)cc(cc2Cl)C(O)C2NC(=O)C(NC(=O)C4NC(=O)C4NC(=O)C(NC(=O)C(NC)c5ccc(O)c(c5)Oc5cc(O)c(Cl)c4c5)C(O)c4ccc(c(Cl)c4)O3)c3ccc(O)c(c3)-c3c(OC4OC(CO)C(O)C(O)C4O)cc(O)cc3C(C(=O)O)NC2=O)C(CO)C(O)C1O. The number of amides is 7. The number of hydrogen-bond acceptors (Lipinski definition) is 29. The summed E-state index contributed by atoms with van der Waals surface area (Å²) in [7, 11) is 1.35. The van der Waals surface area contributed by atoms with Crippen LogP contribution in [-0.2, 0) is 47.8 Å². The van der Waals surface area contributed by atoms with E-state index in [-0.39, 0.29) is 23.3 Å². The number of carboxylic acids is 1. The van der Waals surface area contributed by atoms with Gasteiger partial charge in [-0.2, -0.15) is 0 Å². The van der Waals surface area contributed by atoms with Gasteiger partial charge in [-0.1, -0.05) is 110 Å². The molecule has 2 saturated heterocycles. The lowest BCUT2D eigenvalue weighted by atomic mass is 9.89. The van der Waals surface area contributed by atoms with Crippen molar-refractivity contribution >= 4 is 93.7 Å². The molecule has 7 aromatic rings. The second-order valence-corrected chi connectivity index (χ2v) is 31.3. The number of carbonyl (C=O) groups excluding carboxylic acids is 7. The summed E-state index contributed by atoms with van der Waals surface area (Å²) in [6, 6.07) is 1.24. The maximum Gasteiger partial charge on any atom is 0.330 e. The number of aromatic hydroxyl groups is 4. The first-order valence-electron chi connectivity index (χ1n) is 38.4. The number of phenolic OH excluding ortho intramolecular Hbond substituents is 4. The van der Waals surface area contributed by atoms with E-state index in [9.17, 15) is 85.9 Å². The Morgan fingerprint density at radius 3 is 1.76 bits per heavy atom. The molecule has 19 unspecified atom stereocenters. The molecule has 0 radical (unpaired) electrons. The van der Waals surface area contributed by atoms with Crippen molar-refractivity contribution in [3.8, 4) is 80.1 Å². The van der Waals surface area contributed by atoms with Crippen LogP contribution in [0.25, 0.3) is 11.1 Å². The molecule has 19 atom stereocenters. The lowest BCUT2D eigenvalue weighted by Gasteiger charge is -2.42. The van der Waals surface area contributed by atoms with Crippen LogP contribution in [0.4, 0.5) is 0 Å². The summed E-state index contributed by atoms with van der Waals surface area (Å²) in [4.78, 5) is 122. The van der Waals surface area contributed by atoms with Crippen LogP contribution in [0.5, 0.6) is 69.0 Å². The summed E-state index contributed by atoms with van der Waals surface area (Å²) in [5.74, 6) is -21.0. The third kappa shape index (κ3) is 18.4. The van der Waals surface area contributed by atoms with E-state index in [1.54, 1.807) is 0 Å². The Kier molecular flexibility index (Phi) is 27.3. The molecular formula is C81H84Cl4N8O29. The van der Waals surface area contributed by atoms with Crippen LogP contribution in [0.2, 0.25) is 20.1 Å². The number of unbranched alkanes of at least 4 members (excludes halogenated alkanes) is 6. The number of carbonyl (C=O) groups is 8. The molecule has 15 rings (SSSR count). The zero-order valence-electron chi connectivity index (χ0n) is 64.3. The summed E-state index contributed by atoms with van der Waals surface area (Å²) in [6.07, 6.45) is -16.9. The van der Waals surface area contributed by atoms with Gasteiger partial charge in [-0.05, 0) is 114 Å². The van der Waals surface area contributed by atoms with Crippen LogP contribution in [0, 0.1) is 5.92 Å². The minimum absolute atomic E-state index is 0.0772. The van der Waals surface area contributed by atoms with Crippen molar-refractivity contribution in [1.82, 2.24) is 42.5 Å². The smallest absolute Gasteiger partial charge is 0.330 e. The van der Waals surface area contributed by atoms with E-state index in [1.165, 1.54) is 25.2 Å². The number of carboxylic acid groups (broad SMARTS) is 1. The number of phenols is 4. The Hall–Kier alpha value is -10.8. The van der Waals surface area contributed by atoms with Crippen LogP contribution in [0.3, 0.4) is 0 Å². The average Bonchev–Trinajstić information content (AvgIpc) is 0.760. The molecule has 7 amide bonds. The van der Waals surface area contributed by atoms with Crippen molar-refractivity contribution in [2.75, 3.05) is 20.3 Å². The van der Waals surface area contributed by atoms with E-state index in [4.69, 9.17) is 79.6 Å². The number of aliphatic carboxylic acids is 1. The first-order valence-corrected chi connectivity index (χ1v) is 39.9. The predicted octanol–water partition coefficient (Wildman–Crippen LogP) is 4.46. The maximum atomic E-state index is 16.7. The first kappa shape index (κ1) is 89.0. The Bertz CT molecular complexity index is 5200. The monoisotopic (exact) mass is 1770 g/mol. The Balaban J connectivity index is 1.06. The highest BCUT2D eigenvalue weighted by Crippen LogP contribution is 2.52. The highest BCUT2D eigenvalue weighted by molar-refractivity contribution is 6.37. The van der Waals surface area contributed by atoms with Crippen LogP contribution < -0.4 is 66.2 Å².